The van der Waals surface area contributed by atoms with E-state index < -0.39 is 11.9 Å². The zero-order chi connectivity index (χ0) is 15.9. The first-order valence-corrected chi connectivity index (χ1v) is 7.58. The molecular weight excluding hydrogens is 304 g/mol. The van der Waals surface area contributed by atoms with E-state index in [9.17, 15) is 9.59 Å². The summed E-state index contributed by atoms with van der Waals surface area (Å²) >= 11 is 1.53. The highest BCUT2D eigenvalue weighted by molar-refractivity contribution is 7.09. The van der Waals surface area contributed by atoms with Gasteiger partial charge in [0.15, 0.2) is 6.61 Å². The minimum atomic E-state index is -0.613. The number of nitrogens with zero attached hydrogens (tertiary/aromatic N) is 1. The van der Waals surface area contributed by atoms with Gasteiger partial charge < -0.3 is 15.2 Å². The van der Waals surface area contributed by atoms with Gasteiger partial charge in [0.1, 0.15) is 17.9 Å². The van der Waals surface area contributed by atoms with Crippen LogP contribution >= 0.6 is 11.3 Å². The second kappa shape index (κ2) is 7.56. The molecule has 0 atom stereocenters. The van der Waals surface area contributed by atoms with Crippen LogP contribution < -0.4 is 10.5 Å². The number of aromatic nitrogens is 1. The number of carbonyl (C=O) groups excluding carboxylic acids is 2. The molecule has 0 unspecified atom stereocenters. The highest BCUT2D eigenvalue weighted by Gasteiger charge is 2.15. The number of hydrogen-bond acceptors (Lipinski definition) is 6. The highest BCUT2D eigenvalue weighted by atomic mass is 32.1. The second-order valence-corrected chi connectivity index (χ2v) is 5.36. The van der Waals surface area contributed by atoms with Gasteiger partial charge in [-0.2, -0.15) is 0 Å². The molecule has 0 spiro atoms. The van der Waals surface area contributed by atoms with Gasteiger partial charge in [-0.25, -0.2) is 9.78 Å². The predicted octanol–water partition coefficient (Wildman–Crippen LogP) is 1.93. The van der Waals surface area contributed by atoms with Crippen LogP contribution in [0.25, 0.3) is 0 Å². The van der Waals surface area contributed by atoms with Gasteiger partial charge in [-0.3, -0.25) is 4.79 Å². The molecule has 0 bridgehead atoms. The summed E-state index contributed by atoms with van der Waals surface area (Å²) in [7, 11) is 0. The Balaban J connectivity index is 2.01. The predicted molar refractivity (Wildman–Crippen MR) is 81.7 cm³/mol. The molecule has 22 heavy (non-hydrogen) atoms. The Morgan fingerprint density at radius 1 is 1.32 bits per heavy atom. The Kier molecular flexibility index (Phi) is 5.48. The molecular formula is C15H16N2O4S. The topological polar surface area (TPSA) is 91.5 Å². The maximum absolute atomic E-state index is 12.1. The maximum Gasteiger partial charge on any atom is 0.342 e. The minimum Gasteiger partial charge on any atom is -0.483 e. The zero-order valence-corrected chi connectivity index (χ0v) is 12.9. The monoisotopic (exact) mass is 320 g/mol. The average molecular weight is 320 g/mol. The number of benzene rings is 1. The van der Waals surface area contributed by atoms with Crippen molar-refractivity contribution in [1.29, 1.82) is 0 Å². The highest BCUT2D eigenvalue weighted by Crippen LogP contribution is 2.20. The number of nitrogens with two attached hydrogens (primary N) is 1. The van der Waals surface area contributed by atoms with E-state index in [1.165, 1.54) is 11.3 Å². The molecule has 7 heteroatoms. The largest absolute Gasteiger partial charge is 0.483 e. The van der Waals surface area contributed by atoms with Crippen LogP contribution in [0.15, 0.2) is 29.6 Å². The minimum absolute atomic E-state index is 0.0967. The second-order valence-electron chi connectivity index (χ2n) is 4.41. The summed E-state index contributed by atoms with van der Waals surface area (Å²) in [6, 6.07) is 6.53. The van der Waals surface area contributed by atoms with E-state index in [0.717, 1.165) is 11.4 Å². The van der Waals surface area contributed by atoms with Crippen molar-refractivity contribution >= 4 is 23.2 Å². The first kappa shape index (κ1) is 16.0. The molecule has 1 aromatic heterocycles. The number of ether oxygens (including phenoxy) is 2. The third-order valence-electron chi connectivity index (χ3n) is 2.73. The van der Waals surface area contributed by atoms with Crippen LogP contribution in [0.4, 0.5) is 0 Å². The van der Waals surface area contributed by atoms with Gasteiger partial charge in [0, 0.05) is 5.38 Å². The fraction of sp³-hybridized carbons (Fsp3) is 0.267. The van der Waals surface area contributed by atoms with E-state index in [1.807, 2.05) is 12.3 Å². The zero-order valence-electron chi connectivity index (χ0n) is 12.1. The molecule has 0 radical (unpaired) electrons. The van der Waals surface area contributed by atoms with Crippen LogP contribution in [-0.2, 0) is 22.6 Å². The summed E-state index contributed by atoms with van der Waals surface area (Å²) in [5.41, 5.74) is 5.99. The molecule has 2 rings (SSSR count). The number of rotatable bonds is 7. The fourth-order valence-corrected chi connectivity index (χ4v) is 2.43. The summed E-state index contributed by atoms with van der Waals surface area (Å²) in [5.74, 6) is -0.886. The van der Waals surface area contributed by atoms with Crippen molar-refractivity contribution in [3.8, 4) is 5.75 Å². The lowest BCUT2D eigenvalue weighted by molar-refractivity contribution is -0.119. The molecule has 0 fully saturated rings. The van der Waals surface area contributed by atoms with E-state index in [4.69, 9.17) is 15.2 Å². The first-order valence-electron chi connectivity index (χ1n) is 6.70. The number of amides is 1. The fourth-order valence-electron chi connectivity index (χ4n) is 1.70. The molecule has 116 valence electrons. The molecule has 1 amide bonds. The summed E-state index contributed by atoms with van der Waals surface area (Å²) in [5, 5.41) is 2.86. The van der Waals surface area contributed by atoms with Gasteiger partial charge in [0.05, 0.1) is 10.7 Å². The van der Waals surface area contributed by atoms with E-state index in [2.05, 4.69) is 4.98 Å². The smallest absolute Gasteiger partial charge is 0.342 e. The van der Waals surface area contributed by atoms with Gasteiger partial charge in [0.2, 0.25) is 0 Å². The van der Waals surface area contributed by atoms with Crippen LogP contribution in [0.1, 0.15) is 28.0 Å². The standard InChI is InChI=1S/C15H16N2O4S/c1-2-14-17-10(9-22-14)7-21-15(19)11-5-3-4-6-12(11)20-8-13(16)18/h3-6,9H,2,7-8H2,1H3,(H2,16,18). The lowest BCUT2D eigenvalue weighted by Gasteiger charge is -2.09. The molecule has 0 saturated heterocycles. The van der Waals surface area contributed by atoms with Gasteiger partial charge in [-0.05, 0) is 18.6 Å². The van der Waals surface area contributed by atoms with E-state index in [-0.39, 0.29) is 24.5 Å². The molecule has 6 nitrogen and oxygen atoms in total. The molecule has 0 aliphatic heterocycles. The normalized spacial score (nSPS) is 10.2. The summed E-state index contributed by atoms with van der Waals surface area (Å²) in [6.45, 7) is 1.82. The number of hydrogen-bond donors (Lipinski definition) is 1. The molecule has 0 saturated carbocycles. The van der Waals surface area contributed by atoms with Crippen LogP contribution in [0.5, 0.6) is 5.75 Å². The summed E-state index contributed by atoms with van der Waals surface area (Å²) in [6.07, 6.45) is 0.850. The van der Waals surface area contributed by atoms with Crippen molar-refractivity contribution in [2.24, 2.45) is 5.73 Å². The molecule has 1 heterocycles. The van der Waals surface area contributed by atoms with E-state index >= 15 is 0 Å². The van der Waals surface area contributed by atoms with Gasteiger partial charge in [-0.1, -0.05) is 19.1 Å². The van der Waals surface area contributed by atoms with Crippen LogP contribution in [0.2, 0.25) is 0 Å². The van der Waals surface area contributed by atoms with Crippen molar-refractivity contribution in [1.82, 2.24) is 4.98 Å². The van der Waals surface area contributed by atoms with Crippen molar-refractivity contribution in [3.05, 3.63) is 45.9 Å². The van der Waals surface area contributed by atoms with Gasteiger partial charge >= 0.3 is 5.97 Å². The molecule has 2 N–H and O–H groups in total. The van der Waals surface area contributed by atoms with Gasteiger partial charge in [0.25, 0.3) is 5.91 Å². The Morgan fingerprint density at radius 2 is 2.09 bits per heavy atom. The molecule has 2 aromatic rings. The third kappa shape index (κ3) is 4.29. The Morgan fingerprint density at radius 3 is 2.77 bits per heavy atom. The number of para-hydroxylation sites is 1. The molecule has 0 aliphatic carbocycles. The van der Waals surface area contributed by atoms with Crippen LogP contribution in [0, 0.1) is 0 Å². The van der Waals surface area contributed by atoms with Crippen molar-refractivity contribution in [2.75, 3.05) is 6.61 Å². The Labute approximate surface area is 131 Å². The number of aryl methyl sites for hydroxylation is 1. The Hall–Kier alpha value is -2.41. The van der Waals surface area contributed by atoms with Crippen molar-refractivity contribution in [3.63, 3.8) is 0 Å². The van der Waals surface area contributed by atoms with Crippen molar-refractivity contribution in [2.45, 2.75) is 20.0 Å². The van der Waals surface area contributed by atoms with E-state index in [1.54, 1.807) is 24.3 Å². The number of thiazole rings is 1. The quantitative estimate of drug-likeness (QED) is 0.787. The SMILES string of the molecule is CCc1nc(COC(=O)c2ccccc2OCC(N)=O)cs1. The lowest BCUT2D eigenvalue weighted by atomic mass is 10.2. The van der Waals surface area contributed by atoms with Gasteiger partial charge in [-0.15, -0.1) is 11.3 Å². The average Bonchev–Trinajstić information content (AvgIpc) is 2.99. The summed E-state index contributed by atoms with van der Waals surface area (Å²) < 4.78 is 10.4. The third-order valence-corrected chi connectivity index (χ3v) is 3.77. The van der Waals surface area contributed by atoms with Crippen molar-refractivity contribution < 1.29 is 19.1 Å². The lowest BCUT2D eigenvalue weighted by Crippen LogP contribution is -2.21. The number of carbonyl (C=O) groups is 2. The molecule has 0 aliphatic rings. The van der Waals surface area contributed by atoms with E-state index in [0.29, 0.717) is 5.69 Å². The first-order chi connectivity index (χ1) is 10.6. The van der Waals surface area contributed by atoms with Crippen LogP contribution in [0.3, 0.4) is 0 Å². The number of primary amides is 1. The van der Waals surface area contributed by atoms with Crippen LogP contribution in [-0.4, -0.2) is 23.5 Å². The Bertz CT molecular complexity index is 669. The molecule has 1 aromatic carbocycles. The summed E-state index contributed by atoms with van der Waals surface area (Å²) in [4.78, 5) is 27.2. The maximum atomic E-state index is 12.1. The number of esters is 1.